The van der Waals surface area contributed by atoms with Crippen LogP contribution in [0.5, 0.6) is 0 Å². The van der Waals surface area contributed by atoms with Crippen LogP contribution in [-0.4, -0.2) is 11.8 Å². The molecule has 1 aromatic carbocycles. The standard InChI is InChI=1S/C14H21NO/c1-10(2)12(4)15-14-7-5-13(6-8-14)9-11(3)16/h5-8,10,12,15H,9H2,1-4H3. The second-order valence-electron chi connectivity index (χ2n) is 4.75. The summed E-state index contributed by atoms with van der Waals surface area (Å²) in [7, 11) is 0. The monoisotopic (exact) mass is 219 g/mol. The minimum Gasteiger partial charge on any atom is -0.382 e. The molecule has 0 aliphatic heterocycles. The van der Waals surface area contributed by atoms with Crippen LogP contribution in [0.2, 0.25) is 0 Å². The van der Waals surface area contributed by atoms with Crippen molar-refractivity contribution in [3.8, 4) is 0 Å². The van der Waals surface area contributed by atoms with Gasteiger partial charge in [-0.05, 0) is 37.5 Å². The van der Waals surface area contributed by atoms with Crippen molar-refractivity contribution in [1.29, 1.82) is 0 Å². The average molecular weight is 219 g/mol. The minimum atomic E-state index is 0.205. The summed E-state index contributed by atoms with van der Waals surface area (Å²) in [5.74, 6) is 0.813. The smallest absolute Gasteiger partial charge is 0.134 e. The number of anilines is 1. The maximum Gasteiger partial charge on any atom is 0.134 e. The third kappa shape index (κ3) is 4.05. The first kappa shape index (κ1) is 12.8. The Morgan fingerprint density at radius 2 is 1.75 bits per heavy atom. The summed E-state index contributed by atoms with van der Waals surface area (Å²) < 4.78 is 0. The lowest BCUT2D eigenvalue weighted by Crippen LogP contribution is -2.21. The zero-order valence-corrected chi connectivity index (χ0v) is 10.6. The highest BCUT2D eigenvalue weighted by atomic mass is 16.1. The van der Waals surface area contributed by atoms with E-state index < -0.39 is 0 Å². The van der Waals surface area contributed by atoms with Crippen molar-refractivity contribution in [3.05, 3.63) is 29.8 Å². The van der Waals surface area contributed by atoms with Crippen LogP contribution in [0.1, 0.15) is 33.3 Å². The Balaban J connectivity index is 2.61. The maximum atomic E-state index is 10.9. The number of hydrogen-bond acceptors (Lipinski definition) is 2. The molecule has 0 amide bonds. The molecule has 0 saturated heterocycles. The number of carbonyl (C=O) groups is 1. The molecule has 0 fully saturated rings. The molecule has 1 unspecified atom stereocenters. The van der Waals surface area contributed by atoms with Gasteiger partial charge in [-0.3, -0.25) is 4.79 Å². The Morgan fingerprint density at radius 1 is 1.19 bits per heavy atom. The fourth-order valence-corrected chi connectivity index (χ4v) is 1.44. The molecule has 0 bridgehead atoms. The van der Waals surface area contributed by atoms with Crippen LogP contribution >= 0.6 is 0 Å². The molecule has 16 heavy (non-hydrogen) atoms. The zero-order chi connectivity index (χ0) is 12.1. The summed E-state index contributed by atoms with van der Waals surface area (Å²) in [5.41, 5.74) is 2.20. The van der Waals surface area contributed by atoms with Gasteiger partial charge in [0.15, 0.2) is 0 Å². The summed E-state index contributed by atoms with van der Waals surface area (Å²) in [6.45, 7) is 8.19. The highest BCUT2D eigenvalue weighted by Crippen LogP contribution is 2.14. The lowest BCUT2D eigenvalue weighted by Gasteiger charge is -2.18. The Bertz CT molecular complexity index is 340. The van der Waals surface area contributed by atoms with Crippen LogP contribution in [0.3, 0.4) is 0 Å². The van der Waals surface area contributed by atoms with Gasteiger partial charge >= 0.3 is 0 Å². The molecule has 1 aromatic rings. The predicted octanol–water partition coefficient (Wildman–Crippen LogP) is 3.27. The van der Waals surface area contributed by atoms with E-state index in [9.17, 15) is 4.79 Å². The largest absolute Gasteiger partial charge is 0.382 e. The normalized spacial score (nSPS) is 12.6. The number of Topliss-reactive ketones (excluding diaryl/α,β-unsaturated/α-hetero) is 1. The van der Waals surface area contributed by atoms with Gasteiger partial charge in [-0.2, -0.15) is 0 Å². The molecule has 1 rings (SSSR count). The van der Waals surface area contributed by atoms with Crippen molar-refractivity contribution in [2.75, 3.05) is 5.32 Å². The van der Waals surface area contributed by atoms with Crippen LogP contribution in [0, 0.1) is 5.92 Å². The van der Waals surface area contributed by atoms with Crippen LogP contribution in [0.15, 0.2) is 24.3 Å². The van der Waals surface area contributed by atoms with E-state index in [0.29, 0.717) is 18.4 Å². The number of carbonyl (C=O) groups excluding carboxylic acids is 1. The number of nitrogens with one attached hydrogen (secondary N) is 1. The van der Waals surface area contributed by atoms with Gasteiger partial charge in [0.05, 0.1) is 0 Å². The van der Waals surface area contributed by atoms with E-state index in [1.165, 1.54) is 0 Å². The van der Waals surface area contributed by atoms with Gasteiger partial charge < -0.3 is 5.32 Å². The molecule has 1 atom stereocenters. The third-order valence-electron chi connectivity index (χ3n) is 2.80. The minimum absolute atomic E-state index is 0.205. The molecule has 2 heteroatoms. The summed E-state index contributed by atoms with van der Waals surface area (Å²) in [5, 5.41) is 3.44. The van der Waals surface area contributed by atoms with Gasteiger partial charge in [-0.1, -0.05) is 26.0 Å². The molecule has 0 aliphatic rings. The summed E-state index contributed by atoms with van der Waals surface area (Å²) in [6, 6.07) is 8.56. The van der Waals surface area contributed by atoms with E-state index in [2.05, 4.69) is 26.1 Å². The Morgan fingerprint density at radius 3 is 2.19 bits per heavy atom. The fraction of sp³-hybridized carbons (Fsp3) is 0.500. The second-order valence-corrected chi connectivity index (χ2v) is 4.75. The number of hydrogen-bond donors (Lipinski definition) is 1. The van der Waals surface area contributed by atoms with E-state index >= 15 is 0 Å². The molecule has 88 valence electrons. The lowest BCUT2D eigenvalue weighted by molar-refractivity contribution is -0.116. The third-order valence-corrected chi connectivity index (χ3v) is 2.80. The quantitative estimate of drug-likeness (QED) is 0.823. The SMILES string of the molecule is CC(=O)Cc1ccc(NC(C)C(C)C)cc1. The van der Waals surface area contributed by atoms with Crippen molar-refractivity contribution >= 4 is 11.5 Å². The summed E-state index contributed by atoms with van der Waals surface area (Å²) in [4.78, 5) is 10.9. The first-order valence-corrected chi connectivity index (χ1v) is 5.84. The molecule has 1 N–H and O–H groups in total. The van der Waals surface area contributed by atoms with E-state index in [0.717, 1.165) is 11.3 Å². The lowest BCUT2D eigenvalue weighted by atomic mass is 10.1. The average Bonchev–Trinajstić information content (AvgIpc) is 2.20. The first-order chi connectivity index (χ1) is 7.49. The molecule has 0 saturated carbocycles. The van der Waals surface area contributed by atoms with Crippen molar-refractivity contribution in [2.24, 2.45) is 5.92 Å². The van der Waals surface area contributed by atoms with E-state index in [-0.39, 0.29) is 5.78 Å². The van der Waals surface area contributed by atoms with Crippen molar-refractivity contribution in [2.45, 2.75) is 40.2 Å². The zero-order valence-electron chi connectivity index (χ0n) is 10.6. The number of rotatable bonds is 5. The molecular weight excluding hydrogens is 198 g/mol. The van der Waals surface area contributed by atoms with Gasteiger partial charge in [0.1, 0.15) is 5.78 Å². The van der Waals surface area contributed by atoms with Gasteiger partial charge in [0.25, 0.3) is 0 Å². The summed E-state index contributed by atoms with van der Waals surface area (Å²) >= 11 is 0. The first-order valence-electron chi connectivity index (χ1n) is 5.84. The van der Waals surface area contributed by atoms with E-state index in [4.69, 9.17) is 0 Å². The molecular formula is C14H21NO. The molecule has 2 nitrogen and oxygen atoms in total. The fourth-order valence-electron chi connectivity index (χ4n) is 1.44. The molecule has 0 heterocycles. The number of ketones is 1. The van der Waals surface area contributed by atoms with Crippen LogP contribution in [0.25, 0.3) is 0 Å². The maximum absolute atomic E-state index is 10.9. The molecule has 0 aliphatic carbocycles. The second kappa shape index (κ2) is 5.69. The van der Waals surface area contributed by atoms with Crippen LogP contribution < -0.4 is 5.32 Å². The highest BCUT2D eigenvalue weighted by Gasteiger charge is 2.06. The van der Waals surface area contributed by atoms with Crippen LogP contribution in [-0.2, 0) is 11.2 Å². The highest BCUT2D eigenvalue weighted by molar-refractivity contribution is 5.78. The Labute approximate surface area is 98.1 Å². The van der Waals surface area contributed by atoms with Crippen molar-refractivity contribution in [1.82, 2.24) is 0 Å². The summed E-state index contributed by atoms with van der Waals surface area (Å²) in [6.07, 6.45) is 0.528. The molecule has 0 aromatic heterocycles. The van der Waals surface area contributed by atoms with Gasteiger partial charge in [0.2, 0.25) is 0 Å². The van der Waals surface area contributed by atoms with Crippen LogP contribution in [0.4, 0.5) is 5.69 Å². The van der Waals surface area contributed by atoms with Crippen molar-refractivity contribution < 1.29 is 4.79 Å². The van der Waals surface area contributed by atoms with Crippen molar-refractivity contribution in [3.63, 3.8) is 0 Å². The van der Waals surface area contributed by atoms with E-state index in [1.54, 1.807) is 6.92 Å². The van der Waals surface area contributed by atoms with Gasteiger partial charge in [-0.25, -0.2) is 0 Å². The predicted molar refractivity (Wildman–Crippen MR) is 68.7 cm³/mol. The van der Waals surface area contributed by atoms with Gasteiger partial charge in [-0.15, -0.1) is 0 Å². The molecule has 0 spiro atoms. The molecule has 0 radical (unpaired) electrons. The van der Waals surface area contributed by atoms with Gasteiger partial charge in [0, 0.05) is 18.2 Å². The Kier molecular flexibility index (Phi) is 4.53. The van der Waals surface area contributed by atoms with E-state index in [1.807, 2.05) is 24.3 Å². The number of benzene rings is 1. The topological polar surface area (TPSA) is 29.1 Å². The Hall–Kier alpha value is -1.31.